The van der Waals surface area contributed by atoms with Gasteiger partial charge in [0.2, 0.25) is 0 Å². The van der Waals surface area contributed by atoms with Crippen LogP contribution in [0.5, 0.6) is 0 Å². The average Bonchev–Trinajstić information content (AvgIpc) is 3.23. The number of aliphatic hydroxyl groups excluding tert-OH is 4. The summed E-state index contributed by atoms with van der Waals surface area (Å²) in [4.78, 5) is 12.1. The fourth-order valence-corrected chi connectivity index (χ4v) is 10.5. The highest BCUT2D eigenvalue weighted by molar-refractivity contribution is 5.72. The Morgan fingerprint density at radius 2 is 1.47 bits per heavy atom. The summed E-state index contributed by atoms with van der Waals surface area (Å²) in [7, 11) is 0. The van der Waals surface area contributed by atoms with Crippen molar-refractivity contribution in [1.82, 2.24) is 0 Å². The minimum Gasteiger partial charge on any atom is -0.481 e. The molecule has 0 bridgehead atoms. The number of hydrogen-bond donors (Lipinski definition) is 6. The lowest BCUT2D eigenvalue weighted by Gasteiger charge is -2.64. The van der Waals surface area contributed by atoms with Gasteiger partial charge in [-0.15, -0.1) is 0 Å². The van der Waals surface area contributed by atoms with Gasteiger partial charge >= 0.3 is 5.97 Å². The molecule has 2 aliphatic heterocycles. The zero-order valence-electron chi connectivity index (χ0n) is 25.9. The van der Waals surface area contributed by atoms with E-state index in [1.165, 1.54) is 0 Å². The van der Waals surface area contributed by atoms with Crippen molar-refractivity contribution in [3.63, 3.8) is 0 Å². The van der Waals surface area contributed by atoms with Gasteiger partial charge in [0.25, 0.3) is 0 Å². The molecule has 0 aromatic rings. The Morgan fingerprint density at radius 1 is 0.791 bits per heavy atom. The van der Waals surface area contributed by atoms with Crippen LogP contribution in [0.25, 0.3) is 0 Å². The number of rotatable bonds is 5. The maximum Gasteiger partial charge on any atom is 0.307 e. The van der Waals surface area contributed by atoms with Crippen LogP contribution in [0.3, 0.4) is 0 Å². The number of carboxylic acid groups (broad SMARTS) is 1. The van der Waals surface area contributed by atoms with Crippen molar-refractivity contribution in [3.8, 4) is 0 Å². The standard InChI is InChI=1S/C32H52O11/c1-15-27(36)22(33)13-26(40-15)43-28-16(2)41-25(14-23(28)34)42-18-7-9-30(3)17(11-18)5-6-19-21(30)12-24(35)31(4)20(29(37)38)8-10-32(19,31)39/h15-28,33-36,39H,5-14H2,1-4H3,(H,37,38)/t15?,16?,17-,18+,19-,20-,21+,22-,23-,24-,25+,26+,27?,28?,30+,31+,32+/m1/s1. The van der Waals surface area contributed by atoms with E-state index in [0.29, 0.717) is 25.2 Å². The SMILES string of the molecule is CC1O[C@@H](OC2C(C)O[C@@H](O[C@H]3CC[C@@]4(C)[C@H](CC[C@@H]5[C@@H]4C[C@@H](O)[C@]4(C)[C@@H](C(=O)O)CC[C@]54O)C3)C[C@H]2O)C[C@@H](O)C1O. The fourth-order valence-electron chi connectivity index (χ4n) is 10.5. The predicted molar refractivity (Wildman–Crippen MR) is 151 cm³/mol. The lowest BCUT2D eigenvalue weighted by atomic mass is 9.42. The van der Waals surface area contributed by atoms with Crippen LogP contribution in [0, 0.1) is 34.5 Å². The Labute approximate surface area is 253 Å². The summed E-state index contributed by atoms with van der Waals surface area (Å²) in [6, 6.07) is 0. The van der Waals surface area contributed by atoms with Gasteiger partial charge in [-0.3, -0.25) is 4.79 Å². The first-order valence-corrected chi connectivity index (χ1v) is 16.5. The molecule has 0 spiro atoms. The first-order chi connectivity index (χ1) is 20.2. The van der Waals surface area contributed by atoms with Crippen molar-refractivity contribution in [2.24, 2.45) is 34.5 Å². The number of aliphatic carboxylic acids is 1. The highest BCUT2D eigenvalue weighted by Gasteiger charge is 2.71. The molecule has 6 aliphatic rings. The molecular formula is C32H52O11. The second kappa shape index (κ2) is 11.4. The van der Waals surface area contributed by atoms with Gasteiger partial charge in [0, 0.05) is 18.3 Å². The number of fused-ring (bicyclic) bond motifs is 5. The number of aliphatic hydroxyl groups is 5. The van der Waals surface area contributed by atoms with Crippen LogP contribution >= 0.6 is 0 Å². The van der Waals surface area contributed by atoms with E-state index in [0.717, 1.165) is 32.1 Å². The molecule has 17 atom stereocenters. The minimum absolute atomic E-state index is 0.0286. The van der Waals surface area contributed by atoms with Crippen molar-refractivity contribution < 1.29 is 54.4 Å². The lowest BCUT2D eigenvalue weighted by molar-refractivity contribution is -0.318. The lowest BCUT2D eigenvalue weighted by Crippen LogP contribution is -2.67. The molecule has 2 heterocycles. The Kier molecular flexibility index (Phi) is 8.51. The molecule has 4 unspecified atom stereocenters. The van der Waals surface area contributed by atoms with Gasteiger partial charge in [-0.05, 0) is 88.4 Å². The van der Waals surface area contributed by atoms with E-state index < -0.39 is 78.2 Å². The fraction of sp³-hybridized carbons (Fsp3) is 0.969. The molecule has 4 aliphatic carbocycles. The third-order valence-corrected chi connectivity index (χ3v) is 13.2. The van der Waals surface area contributed by atoms with E-state index in [9.17, 15) is 35.4 Å². The Bertz CT molecular complexity index is 1020. The van der Waals surface area contributed by atoms with Crippen LogP contribution in [-0.2, 0) is 23.7 Å². The second-order valence-corrected chi connectivity index (χ2v) is 15.2. The van der Waals surface area contributed by atoms with E-state index in [-0.39, 0.29) is 36.2 Å². The summed E-state index contributed by atoms with van der Waals surface area (Å²) >= 11 is 0. The molecular weight excluding hydrogens is 560 g/mol. The van der Waals surface area contributed by atoms with Gasteiger partial charge in [-0.25, -0.2) is 0 Å². The summed E-state index contributed by atoms with van der Waals surface area (Å²) < 4.78 is 24.3. The van der Waals surface area contributed by atoms with E-state index in [2.05, 4.69) is 6.92 Å². The van der Waals surface area contributed by atoms with Crippen LogP contribution in [0.15, 0.2) is 0 Å². The molecule has 4 saturated carbocycles. The monoisotopic (exact) mass is 612 g/mol. The Hall–Kier alpha value is -0.890. The van der Waals surface area contributed by atoms with Gasteiger partial charge in [0.15, 0.2) is 12.6 Å². The van der Waals surface area contributed by atoms with Crippen LogP contribution in [0.4, 0.5) is 0 Å². The molecule has 2 saturated heterocycles. The van der Waals surface area contributed by atoms with Gasteiger partial charge < -0.3 is 49.6 Å². The molecule has 6 rings (SSSR count). The third kappa shape index (κ3) is 5.09. The highest BCUT2D eigenvalue weighted by atomic mass is 16.7. The zero-order valence-corrected chi connectivity index (χ0v) is 25.9. The molecule has 11 heteroatoms. The molecule has 0 amide bonds. The predicted octanol–water partition coefficient (Wildman–Crippen LogP) is 1.94. The van der Waals surface area contributed by atoms with Crippen LogP contribution < -0.4 is 0 Å². The van der Waals surface area contributed by atoms with Crippen molar-refractivity contribution in [1.29, 1.82) is 0 Å². The number of hydrogen-bond acceptors (Lipinski definition) is 10. The molecule has 0 aromatic carbocycles. The smallest absolute Gasteiger partial charge is 0.307 e. The van der Waals surface area contributed by atoms with Crippen LogP contribution in [0.2, 0.25) is 0 Å². The molecule has 6 N–H and O–H groups in total. The maximum atomic E-state index is 12.1. The van der Waals surface area contributed by atoms with E-state index in [1.807, 2.05) is 6.92 Å². The van der Waals surface area contributed by atoms with Crippen molar-refractivity contribution in [2.75, 3.05) is 0 Å². The van der Waals surface area contributed by atoms with Crippen molar-refractivity contribution in [2.45, 2.75) is 159 Å². The molecule has 246 valence electrons. The number of carboxylic acids is 1. The van der Waals surface area contributed by atoms with Crippen LogP contribution in [0.1, 0.15) is 91.9 Å². The second-order valence-electron chi connectivity index (χ2n) is 15.2. The summed E-state index contributed by atoms with van der Waals surface area (Å²) in [5, 5.41) is 64.5. The summed E-state index contributed by atoms with van der Waals surface area (Å²) in [5.74, 6) is -1.23. The highest BCUT2D eigenvalue weighted by Crippen LogP contribution is 2.69. The number of ether oxygens (including phenoxy) is 4. The topological polar surface area (TPSA) is 175 Å². The van der Waals surface area contributed by atoms with Gasteiger partial charge in [0.1, 0.15) is 12.2 Å². The van der Waals surface area contributed by atoms with E-state index in [1.54, 1.807) is 13.8 Å². The van der Waals surface area contributed by atoms with E-state index in [4.69, 9.17) is 18.9 Å². The third-order valence-electron chi connectivity index (χ3n) is 13.2. The van der Waals surface area contributed by atoms with Gasteiger partial charge in [-0.2, -0.15) is 0 Å². The first kappa shape index (κ1) is 32.1. The average molecular weight is 613 g/mol. The van der Waals surface area contributed by atoms with Crippen LogP contribution in [-0.4, -0.2) is 104 Å². The molecule has 0 radical (unpaired) electrons. The van der Waals surface area contributed by atoms with E-state index >= 15 is 0 Å². The Balaban J connectivity index is 1.07. The normalized spacial score (nSPS) is 57.0. The quantitative estimate of drug-likeness (QED) is 0.250. The van der Waals surface area contributed by atoms with Gasteiger partial charge in [-0.1, -0.05) is 13.8 Å². The Morgan fingerprint density at radius 3 is 2.14 bits per heavy atom. The summed E-state index contributed by atoms with van der Waals surface area (Å²) in [5.41, 5.74) is -2.31. The maximum absolute atomic E-state index is 12.1. The largest absolute Gasteiger partial charge is 0.481 e. The molecule has 6 fully saturated rings. The van der Waals surface area contributed by atoms with Crippen molar-refractivity contribution >= 4 is 5.97 Å². The van der Waals surface area contributed by atoms with Crippen molar-refractivity contribution in [3.05, 3.63) is 0 Å². The molecule has 43 heavy (non-hydrogen) atoms. The minimum atomic E-state index is -1.18. The summed E-state index contributed by atoms with van der Waals surface area (Å²) in [6.45, 7) is 7.59. The number of carbonyl (C=O) groups is 1. The summed E-state index contributed by atoms with van der Waals surface area (Å²) in [6.07, 6.45) is -0.801. The van der Waals surface area contributed by atoms with Gasteiger partial charge in [0.05, 0.1) is 48.1 Å². The zero-order chi connectivity index (χ0) is 31.1. The molecule has 0 aromatic heterocycles. The first-order valence-electron chi connectivity index (χ1n) is 16.5. The molecule has 11 nitrogen and oxygen atoms in total.